The topological polar surface area (TPSA) is 101 Å². The number of carbonyl (C=O) groups excluding carboxylic acids is 2. The molecule has 0 amide bonds. The Morgan fingerprint density at radius 1 is 0.957 bits per heavy atom. The van der Waals surface area contributed by atoms with E-state index in [0.717, 1.165) is 67.2 Å². The van der Waals surface area contributed by atoms with Crippen LogP contribution < -0.4 is 4.74 Å². The molecule has 1 spiro atoms. The van der Waals surface area contributed by atoms with Crippen LogP contribution in [0.25, 0.3) is 0 Å². The van der Waals surface area contributed by atoms with Gasteiger partial charge in [0.15, 0.2) is 5.78 Å². The van der Waals surface area contributed by atoms with Gasteiger partial charge in [-0.25, -0.2) is 0 Å². The molecule has 7 rings (SSSR count). The molecule has 0 saturated heterocycles. The number of fused-ring (bicyclic) bond motifs is 7. The van der Waals surface area contributed by atoms with Gasteiger partial charge < -0.3 is 14.9 Å². The summed E-state index contributed by atoms with van der Waals surface area (Å²) in [5, 5.41) is 23.1. The highest BCUT2D eigenvalue weighted by molar-refractivity contribution is 6.04. The first-order valence-corrected chi connectivity index (χ1v) is 17.7. The lowest BCUT2D eigenvalue weighted by molar-refractivity contribution is -0.170. The van der Waals surface area contributed by atoms with E-state index < -0.39 is 34.8 Å². The van der Waals surface area contributed by atoms with Crippen LogP contribution in [0, 0.1) is 34.0 Å². The van der Waals surface area contributed by atoms with Gasteiger partial charge in [-0.05, 0) is 127 Å². The maximum Gasteiger partial charge on any atom is 0.326 e. The normalized spacial score (nSPS) is 39.3. The summed E-state index contributed by atoms with van der Waals surface area (Å²) in [7, 11) is 0. The predicted octanol–water partition coefficient (Wildman–Crippen LogP) is 8.30. The second kappa shape index (κ2) is 10.1. The number of aliphatic hydroxyl groups excluding tert-OH is 1. The largest absolute Gasteiger partial charge is 0.481 e. The summed E-state index contributed by atoms with van der Waals surface area (Å²) in [6, 6.07) is 4.00. The molecule has 0 radical (unpaired) electrons. The van der Waals surface area contributed by atoms with E-state index in [-0.39, 0.29) is 47.2 Å². The lowest BCUT2D eigenvalue weighted by atomic mass is 9.45. The lowest BCUT2D eigenvalue weighted by Crippen LogP contribution is -2.56. The van der Waals surface area contributed by atoms with E-state index in [1.165, 1.54) is 0 Å². The molecule has 6 aliphatic rings. The smallest absolute Gasteiger partial charge is 0.326 e. The SMILES string of the molecule is C=C1CC[C@@H]2C(C)(C)CCC[C@]2(C(=O)O)[C@H]1CC1=C(C)C(=O)CC[C@]12C(=O)Oc1ccc3c(c12)[C@@H](O)C[C@H]1C(C)(C)CCC[C@]31C. The van der Waals surface area contributed by atoms with Crippen LogP contribution in [0.15, 0.2) is 35.4 Å². The van der Waals surface area contributed by atoms with Crippen molar-refractivity contribution >= 4 is 17.7 Å². The number of rotatable bonds is 3. The third kappa shape index (κ3) is 4.00. The number of aliphatic hydroxyl groups is 1. The number of benzene rings is 1. The van der Waals surface area contributed by atoms with E-state index in [1.807, 2.05) is 13.0 Å². The number of hydrogen-bond acceptors (Lipinski definition) is 5. The molecule has 3 saturated carbocycles. The highest BCUT2D eigenvalue weighted by Crippen LogP contribution is 2.66. The first-order chi connectivity index (χ1) is 21.5. The van der Waals surface area contributed by atoms with Gasteiger partial charge in [0, 0.05) is 12.0 Å². The number of ether oxygens (including phenoxy) is 1. The molecule has 46 heavy (non-hydrogen) atoms. The van der Waals surface area contributed by atoms with Crippen molar-refractivity contribution in [1.82, 2.24) is 0 Å². The van der Waals surface area contributed by atoms with Crippen LogP contribution in [0.5, 0.6) is 5.75 Å². The molecule has 0 bridgehead atoms. The minimum absolute atomic E-state index is 0.000371. The van der Waals surface area contributed by atoms with Crippen LogP contribution in [-0.4, -0.2) is 27.9 Å². The minimum Gasteiger partial charge on any atom is -0.481 e. The quantitative estimate of drug-likeness (QED) is 0.198. The molecule has 248 valence electrons. The second-order valence-corrected chi connectivity index (χ2v) is 17.5. The van der Waals surface area contributed by atoms with Gasteiger partial charge >= 0.3 is 11.9 Å². The number of aliphatic carboxylic acids is 1. The molecular formula is C40H52O6. The van der Waals surface area contributed by atoms with E-state index in [1.54, 1.807) is 0 Å². The van der Waals surface area contributed by atoms with Crippen molar-refractivity contribution in [3.63, 3.8) is 0 Å². The standard InChI is InChI=1S/C40H52O6/c1-22-10-13-30-36(3,4)16-9-18-39(30,34(43)44)25(22)20-26-23(2)27(41)14-19-40(26)33-29(46-35(40)45)12-11-24-32(33)28(42)21-31-37(5,6)15-8-17-38(24,31)7/h11-12,25,28,30-31,42H,1,8-10,13-21H2,2-7H3,(H,43,44)/t25-,28-,30+,31-,38+,39-,40-/m0/s1. The average Bonchev–Trinajstić information content (AvgIpc) is 3.26. The molecule has 0 aromatic heterocycles. The van der Waals surface area contributed by atoms with Gasteiger partial charge in [0.1, 0.15) is 11.2 Å². The van der Waals surface area contributed by atoms with Crippen molar-refractivity contribution in [3.05, 3.63) is 52.1 Å². The molecule has 0 unspecified atom stereocenters. The third-order valence-electron chi connectivity index (χ3n) is 14.6. The van der Waals surface area contributed by atoms with Gasteiger partial charge in [-0.2, -0.15) is 0 Å². The van der Waals surface area contributed by atoms with Gasteiger partial charge in [0.2, 0.25) is 0 Å². The summed E-state index contributed by atoms with van der Waals surface area (Å²) in [6.07, 6.45) is 7.77. The summed E-state index contributed by atoms with van der Waals surface area (Å²) in [4.78, 5) is 41.5. The Morgan fingerprint density at radius 3 is 2.33 bits per heavy atom. The van der Waals surface area contributed by atoms with Crippen molar-refractivity contribution in [2.24, 2.45) is 34.0 Å². The molecule has 6 heteroatoms. The molecule has 2 N–H and O–H groups in total. The number of carbonyl (C=O) groups is 3. The minimum atomic E-state index is -1.23. The molecule has 5 aliphatic carbocycles. The van der Waals surface area contributed by atoms with Crippen LogP contribution in [-0.2, 0) is 25.2 Å². The van der Waals surface area contributed by atoms with Gasteiger partial charge in [-0.1, -0.05) is 65.7 Å². The Morgan fingerprint density at radius 2 is 1.63 bits per heavy atom. The molecule has 1 aromatic carbocycles. The van der Waals surface area contributed by atoms with Crippen LogP contribution in [0.2, 0.25) is 0 Å². The number of carboxylic acid groups (broad SMARTS) is 1. The fraction of sp³-hybridized carbons (Fsp3) is 0.675. The molecular weight excluding hydrogens is 576 g/mol. The summed E-state index contributed by atoms with van der Waals surface area (Å²) in [6.45, 7) is 17.7. The van der Waals surface area contributed by atoms with E-state index >= 15 is 0 Å². The number of ketones is 1. The number of hydrogen-bond donors (Lipinski definition) is 2. The molecule has 1 aliphatic heterocycles. The second-order valence-electron chi connectivity index (χ2n) is 17.5. The molecule has 7 atom stereocenters. The molecule has 1 aromatic rings. The van der Waals surface area contributed by atoms with E-state index in [9.17, 15) is 24.6 Å². The van der Waals surface area contributed by atoms with Gasteiger partial charge in [-0.15, -0.1) is 0 Å². The Balaban J connectivity index is 1.43. The van der Waals surface area contributed by atoms with Crippen molar-refractivity contribution in [1.29, 1.82) is 0 Å². The van der Waals surface area contributed by atoms with Crippen molar-refractivity contribution in [2.75, 3.05) is 0 Å². The van der Waals surface area contributed by atoms with Gasteiger partial charge in [0.25, 0.3) is 0 Å². The lowest BCUT2D eigenvalue weighted by Gasteiger charge is -2.57. The number of allylic oxidation sites excluding steroid dienone is 2. The fourth-order valence-corrected chi connectivity index (χ4v) is 12.3. The summed E-state index contributed by atoms with van der Waals surface area (Å²) >= 11 is 0. The molecule has 6 nitrogen and oxygen atoms in total. The number of esters is 1. The summed E-state index contributed by atoms with van der Waals surface area (Å²) in [5.41, 5.74) is 2.33. The van der Waals surface area contributed by atoms with E-state index in [0.29, 0.717) is 35.7 Å². The van der Waals surface area contributed by atoms with Crippen molar-refractivity contribution < 1.29 is 29.3 Å². The Kier molecular flexibility index (Phi) is 7.02. The average molecular weight is 629 g/mol. The Labute approximate surface area is 274 Å². The first kappa shape index (κ1) is 31.8. The Bertz CT molecular complexity index is 1590. The monoisotopic (exact) mass is 628 g/mol. The Hall–Kier alpha value is -2.73. The van der Waals surface area contributed by atoms with Crippen LogP contribution >= 0.6 is 0 Å². The maximum absolute atomic E-state index is 14.5. The zero-order valence-electron chi connectivity index (χ0n) is 28.7. The summed E-state index contributed by atoms with van der Waals surface area (Å²) in [5.74, 6) is -0.841. The number of Topliss-reactive ketones (excluding diaryl/α,β-unsaturated/α-hetero) is 1. The van der Waals surface area contributed by atoms with Crippen LogP contribution in [0.4, 0.5) is 0 Å². The maximum atomic E-state index is 14.5. The first-order valence-electron chi connectivity index (χ1n) is 17.7. The van der Waals surface area contributed by atoms with E-state index in [2.05, 4.69) is 47.3 Å². The van der Waals surface area contributed by atoms with Crippen LogP contribution in [0.3, 0.4) is 0 Å². The predicted molar refractivity (Wildman–Crippen MR) is 176 cm³/mol. The molecule has 3 fully saturated rings. The van der Waals surface area contributed by atoms with Crippen molar-refractivity contribution in [2.45, 2.75) is 136 Å². The third-order valence-corrected chi connectivity index (χ3v) is 14.6. The van der Waals surface area contributed by atoms with Crippen molar-refractivity contribution in [3.8, 4) is 5.75 Å². The highest BCUT2D eigenvalue weighted by atomic mass is 16.5. The van der Waals surface area contributed by atoms with Gasteiger partial charge in [-0.3, -0.25) is 14.4 Å². The zero-order chi connectivity index (χ0) is 33.2. The summed E-state index contributed by atoms with van der Waals surface area (Å²) < 4.78 is 6.13. The highest BCUT2D eigenvalue weighted by Gasteiger charge is 2.64. The van der Waals surface area contributed by atoms with Crippen LogP contribution in [0.1, 0.15) is 141 Å². The fourth-order valence-electron chi connectivity index (χ4n) is 12.3. The molecule has 1 heterocycles. The number of carboxylic acids is 1. The zero-order valence-corrected chi connectivity index (χ0v) is 28.7. The van der Waals surface area contributed by atoms with Gasteiger partial charge in [0.05, 0.1) is 11.5 Å². The van der Waals surface area contributed by atoms with E-state index in [4.69, 9.17) is 4.74 Å².